The maximum Gasteiger partial charge on any atom is 0.191 e. The first-order valence-electron chi connectivity index (χ1n) is 8.80. The molecule has 0 N–H and O–H groups in total. The molecule has 0 aliphatic rings. The average molecular weight is 474 g/mol. The molecule has 0 amide bonds. The lowest BCUT2D eigenvalue weighted by Crippen LogP contribution is -2.08. The maximum atomic E-state index is 13.8. The zero-order valence-electron chi connectivity index (χ0n) is 15.3. The molecule has 0 saturated heterocycles. The zero-order valence-corrected chi connectivity index (χ0v) is 17.7. The number of halogens is 2. The molecule has 0 atom stereocenters. The van der Waals surface area contributed by atoms with Gasteiger partial charge in [0, 0.05) is 29.2 Å². The van der Waals surface area contributed by atoms with Crippen molar-refractivity contribution in [2.75, 3.05) is 0 Å². The highest BCUT2D eigenvalue weighted by Gasteiger charge is 2.14. The van der Waals surface area contributed by atoms with Crippen LogP contribution in [-0.4, -0.2) is 24.1 Å². The second kappa shape index (κ2) is 8.79. The van der Waals surface area contributed by atoms with Gasteiger partial charge >= 0.3 is 0 Å². The molecule has 4 aromatic rings. The first-order chi connectivity index (χ1) is 14.1. The van der Waals surface area contributed by atoms with E-state index in [0.29, 0.717) is 18.1 Å². The van der Waals surface area contributed by atoms with Crippen LogP contribution in [0.4, 0.5) is 4.39 Å². The molecule has 0 aliphatic heterocycles. The van der Waals surface area contributed by atoms with Crippen molar-refractivity contribution in [3.05, 3.63) is 83.3 Å². The number of ether oxygens (including phenoxy) is 1. The lowest BCUT2D eigenvalue weighted by molar-refractivity contribution is 0.275. The van der Waals surface area contributed by atoms with E-state index in [9.17, 15) is 4.39 Å². The summed E-state index contributed by atoms with van der Waals surface area (Å²) in [5.41, 5.74) is 1.82. The molecule has 6 nitrogen and oxygen atoms in total. The fourth-order valence-corrected chi connectivity index (χ4v) is 3.98. The lowest BCUT2D eigenvalue weighted by atomic mass is 10.3. The summed E-state index contributed by atoms with van der Waals surface area (Å²) >= 11 is 4.99. The van der Waals surface area contributed by atoms with Crippen LogP contribution in [-0.2, 0) is 18.9 Å². The number of pyridine rings is 1. The quantitative estimate of drug-likeness (QED) is 0.269. The third kappa shape index (κ3) is 4.51. The van der Waals surface area contributed by atoms with E-state index in [1.807, 2.05) is 33.5 Å². The number of hydrogen-bond donors (Lipinski definition) is 0. The summed E-state index contributed by atoms with van der Waals surface area (Å²) in [6, 6.07) is 10.2. The number of nitrogens with zero attached hydrogens (tertiary/aromatic N) is 5. The lowest BCUT2D eigenvalue weighted by Gasteiger charge is -2.09. The number of fused-ring (bicyclic) bond motifs is 1. The Hall–Kier alpha value is -2.65. The van der Waals surface area contributed by atoms with Crippen LogP contribution in [0.1, 0.15) is 11.5 Å². The number of benzene rings is 1. The van der Waals surface area contributed by atoms with Crippen molar-refractivity contribution in [3.63, 3.8) is 0 Å². The van der Waals surface area contributed by atoms with Gasteiger partial charge in [-0.2, -0.15) is 0 Å². The molecule has 9 heteroatoms. The van der Waals surface area contributed by atoms with E-state index in [0.717, 1.165) is 21.0 Å². The number of aromatic nitrogens is 5. The highest BCUT2D eigenvalue weighted by molar-refractivity contribution is 9.10. The van der Waals surface area contributed by atoms with Crippen LogP contribution in [0.2, 0.25) is 0 Å². The van der Waals surface area contributed by atoms with Crippen molar-refractivity contribution in [1.82, 2.24) is 24.1 Å². The standard InChI is InChI=1S/C20H17BrFN5OS/c1-2-9-27-19(12-28-17-6-4-3-5-16(17)22)24-25-20(27)29-13-15-11-26-10-14(21)7-8-18(26)23-15/h2-8,10-11H,1,9,12-13H2. The third-order valence-corrected chi connectivity index (χ3v) is 5.58. The van der Waals surface area contributed by atoms with Crippen LogP contribution in [0.15, 0.2) is 71.1 Å². The maximum absolute atomic E-state index is 13.8. The van der Waals surface area contributed by atoms with Crippen molar-refractivity contribution in [2.24, 2.45) is 0 Å². The number of rotatable bonds is 8. The van der Waals surface area contributed by atoms with Gasteiger partial charge in [-0.1, -0.05) is 30.0 Å². The van der Waals surface area contributed by atoms with Gasteiger partial charge in [0.05, 0.1) is 5.69 Å². The topological polar surface area (TPSA) is 57.2 Å². The molecule has 3 heterocycles. The van der Waals surface area contributed by atoms with E-state index >= 15 is 0 Å². The number of allylic oxidation sites excluding steroid dienone is 1. The summed E-state index contributed by atoms with van der Waals surface area (Å²) in [5, 5.41) is 9.21. The van der Waals surface area contributed by atoms with Gasteiger partial charge in [0.2, 0.25) is 0 Å². The Labute approximate surface area is 179 Å². The smallest absolute Gasteiger partial charge is 0.191 e. The highest BCUT2D eigenvalue weighted by Crippen LogP contribution is 2.24. The predicted molar refractivity (Wildman–Crippen MR) is 113 cm³/mol. The zero-order chi connectivity index (χ0) is 20.2. The summed E-state index contributed by atoms with van der Waals surface area (Å²) in [4.78, 5) is 4.61. The molecule has 0 radical (unpaired) electrons. The normalized spacial score (nSPS) is 11.1. The minimum Gasteiger partial charge on any atom is -0.483 e. The van der Waals surface area contributed by atoms with E-state index in [4.69, 9.17) is 4.74 Å². The minimum absolute atomic E-state index is 0.116. The van der Waals surface area contributed by atoms with Crippen molar-refractivity contribution >= 4 is 33.3 Å². The van der Waals surface area contributed by atoms with Crippen LogP contribution < -0.4 is 4.74 Å². The van der Waals surface area contributed by atoms with E-state index in [-0.39, 0.29) is 12.4 Å². The summed E-state index contributed by atoms with van der Waals surface area (Å²) < 4.78 is 24.2. The number of imidazole rings is 1. The average Bonchev–Trinajstić information content (AvgIpc) is 3.29. The van der Waals surface area contributed by atoms with Gasteiger partial charge in [0.15, 0.2) is 22.5 Å². The molecule has 0 aliphatic carbocycles. The van der Waals surface area contributed by atoms with Gasteiger partial charge in [-0.15, -0.1) is 16.8 Å². The molecular weight excluding hydrogens is 457 g/mol. The Kier molecular flexibility index (Phi) is 5.96. The summed E-state index contributed by atoms with van der Waals surface area (Å²) in [5.74, 6) is 1.03. The monoisotopic (exact) mass is 473 g/mol. The predicted octanol–water partition coefficient (Wildman–Crippen LogP) is 4.88. The molecule has 1 aromatic carbocycles. The summed E-state index contributed by atoms with van der Waals surface area (Å²) in [7, 11) is 0. The minimum atomic E-state index is -0.407. The van der Waals surface area contributed by atoms with Gasteiger partial charge in [-0.3, -0.25) is 4.57 Å². The van der Waals surface area contributed by atoms with E-state index in [2.05, 4.69) is 37.7 Å². The van der Waals surface area contributed by atoms with Gasteiger partial charge in [0.25, 0.3) is 0 Å². The van der Waals surface area contributed by atoms with Crippen LogP contribution in [0.3, 0.4) is 0 Å². The first kappa shape index (κ1) is 19.7. The van der Waals surface area contributed by atoms with Crippen LogP contribution >= 0.6 is 27.7 Å². The van der Waals surface area contributed by atoms with Gasteiger partial charge in [-0.25, -0.2) is 9.37 Å². The van der Waals surface area contributed by atoms with Crippen LogP contribution in [0, 0.1) is 5.82 Å². The molecule has 0 spiro atoms. The molecule has 0 bridgehead atoms. The molecule has 0 unspecified atom stereocenters. The van der Waals surface area contributed by atoms with Crippen molar-refractivity contribution in [2.45, 2.75) is 24.1 Å². The molecule has 0 fully saturated rings. The van der Waals surface area contributed by atoms with E-state index in [1.54, 1.807) is 24.3 Å². The molecular formula is C20H17BrFN5OS. The van der Waals surface area contributed by atoms with Gasteiger partial charge in [-0.05, 0) is 40.2 Å². The van der Waals surface area contributed by atoms with Crippen molar-refractivity contribution < 1.29 is 9.13 Å². The summed E-state index contributed by atoms with van der Waals surface area (Å²) in [6.07, 6.45) is 5.72. The molecule has 3 aromatic heterocycles. The van der Waals surface area contributed by atoms with Crippen LogP contribution in [0.25, 0.3) is 5.65 Å². The molecule has 29 heavy (non-hydrogen) atoms. The number of para-hydroxylation sites is 1. The molecule has 0 saturated carbocycles. The first-order valence-corrected chi connectivity index (χ1v) is 10.6. The second-order valence-corrected chi connectivity index (χ2v) is 8.01. The second-order valence-electron chi connectivity index (χ2n) is 6.15. The number of thioether (sulfide) groups is 1. The third-order valence-electron chi connectivity index (χ3n) is 4.11. The fourth-order valence-electron chi connectivity index (χ4n) is 2.77. The van der Waals surface area contributed by atoms with Crippen molar-refractivity contribution in [3.8, 4) is 5.75 Å². The fraction of sp³-hybridized carbons (Fsp3) is 0.150. The van der Waals surface area contributed by atoms with Gasteiger partial charge in [0.1, 0.15) is 12.3 Å². The van der Waals surface area contributed by atoms with Crippen molar-refractivity contribution in [1.29, 1.82) is 0 Å². The Morgan fingerprint density at radius 2 is 2.03 bits per heavy atom. The Morgan fingerprint density at radius 3 is 2.86 bits per heavy atom. The SMILES string of the molecule is C=CCn1c(COc2ccccc2F)nnc1SCc1cn2cc(Br)ccc2n1. The Bertz CT molecular complexity index is 1160. The largest absolute Gasteiger partial charge is 0.483 e. The summed E-state index contributed by atoms with van der Waals surface area (Å²) in [6.45, 7) is 4.45. The van der Waals surface area contributed by atoms with Gasteiger partial charge < -0.3 is 9.14 Å². The molecule has 148 valence electrons. The highest BCUT2D eigenvalue weighted by atomic mass is 79.9. The number of hydrogen-bond acceptors (Lipinski definition) is 5. The Morgan fingerprint density at radius 1 is 1.17 bits per heavy atom. The van der Waals surface area contributed by atoms with E-state index < -0.39 is 5.82 Å². The van der Waals surface area contributed by atoms with E-state index in [1.165, 1.54) is 17.8 Å². The Balaban J connectivity index is 1.48. The molecule has 4 rings (SSSR count). The van der Waals surface area contributed by atoms with Crippen LogP contribution in [0.5, 0.6) is 5.75 Å².